The van der Waals surface area contributed by atoms with Crippen molar-refractivity contribution in [1.82, 2.24) is 15.6 Å². The Morgan fingerprint density at radius 3 is 2.79 bits per heavy atom. The van der Waals surface area contributed by atoms with Gasteiger partial charge in [0.05, 0.1) is 15.8 Å². The Kier molecular flexibility index (Phi) is 7.54. The predicted octanol–water partition coefficient (Wildman–Crippen LogP) is 4.01. The molecule has 1 fully saturated rings. The van der Waals surface area contributed by atoms with Crippen molar-refractivity contribution >= 4 is 55.9 Å². The number of hydrogen-bond donors (Lipinski definition) is 3. The highest BCUT2D eigenvalue weighted by atomic mass is 35.5. The molecule has 1 aromatic carbocycles. The molecule has 10 heteroatoms. The Hall–Kier alpha value is -2.49. The smallest absolute Gasteiger partial charge is 0.337 e. The number of piperidine rings is 1. The Labute approximate surface area is 208 Å². The quantitative estimate of drug-likeness (QED) is 0.470. The summed E-state index contributed by atoms with van der Waals surface area (Å²) in [5, 5.41) is 17.5. The number of nitrogens with one attached hydrogen (secondary N) is 2. The van der Waals surface area contributed by atoms with Gasteiger partial charge in [-0.25, -0.2) is 14.8 Å². The Bertz CT molecular complexity index is 1160. The van der Waals surface area contributed by atoms with Gasteiger partial charge in [-0.3, -0.25) is 4.79 Å². The second-order valence-electron chi connectivity index (χ2n) is 9.16. The van der Waals surface area contributed by atoms with Gasteiger partial charge in [-0.15, -0.1) is 0 Å². The van der Waals surface area contributed by atoms with E-state index in [0.717, 1.165) is 30.1 Å². The van der Waals surface area contributed by atoms with Crippen LogP contribution in [-0.2, 0) is 4.79 Å². The fourth-order valence-electron chi connectivity index (χ4n) is 4.30. The van der Waals surface area contributed by atoms with Crippen LogP contribution in [0.15, 0.2) is 33.9 Å². The zero-order valence-corrected chi connectivity index (χ0v) is 21.2. The summed E-state index contributed by atoms with van der Waals surface area (Å²) in [6, 6.07) is 5.13. The molecular formula is C24H30ClN5O3S. The first-order valence-electron chi connectivity index (χ1n) is 11.6. The number of rotatable bonds is 8. The van der Waals surface area contributed by atoms with Crippen molar-refractivity contribution in [3.8, 4) is 0 Å². The van der Waals surface area contributed by atoms with Crippen LogP contribution in [0.5, 0.6) is 0 Å². The number of carbonyl (C=O) groups excluding carboxylic acids is 1. The molecule has 1 saturated heterocycles. The maximum absolute atomic E-state index is 12.9. The van der Waals surface area contributed by atoms with Crippen LogP contribution in [-0.4, -0.2) is 59.4 Å². The minimum atomic E-state index is -0.950. The van der Waals surface area contributed by atoms with Crippen LogP contribution in [0.2, 0.25) is 0 Å². The number of carbonyl (C=O) groups is 2. The fraction of sp³-hybridized carbons (Fsp3) is 0.500. The molecule has 0 spiro atoms. The molecule has 3 heterocycles. The summed E-state index contributed by atoms with van der Waals surface area (Å²) in [4.78, 5) is 35.7. The van der Waals surface area contributed by atoms with Crippen molar-refractivity contribution in [2.45, 2.75) is 52.1 Å². The van der Waals surface area contributed by atoms with Gasteiger partial charge in [0, 0.05) is 31.6 Å². The number of nitrogens with zero attached hydrogens (tertiary/aromatic N) is 3. The maximum atomic E-state index is 12.9. The van der Waals surface area contributed by atoms with E-state index in [9.17, 15) is 14.7 Å². The first-order valence-corrected chi connectivity index (χ1v) is 12.8. The fourth-order valence-corrected chi connectivity index (χ4v) is 5.71. The molecular weight excluding hydrogens is 474 g/mol. The van der Waals surface area contributed by atoms with E-state index in [2.05, 4.69) is 34.4 Å². The lowest BCUT2D eigenvalue weighted by molar-refractivity contribution is -0.115. The maximum Gasteiger partial charge on any atom is 0.337 e. The summed E-state index contributed by atoms with van der Waals surface area (Å²) in [6.07, 6.45) is 2.02. The average molecular weight is 504 g/mol. The van der Waals surface area contributed by atoms with Crippen molar-refractivity contribution in [1.29, 1.82) is 0 Å². The molecule has 0 radical (unpaired) electrons. The SMILES string of the molecule is CCC1=C(Cl)N=C(C(=O)N[C@@H]2CCN(c3nc4cccc(C(=O)O)c4s3)C[C@@H]2NCC(C)C)C1. The predicted molar refractivity (Wildman–Crippen MR) is 137 cm³/mol. The standard InChI is InChI=1S/C24H30ClN5O3S/c1-4-14-10-18(27-21(14)25)22(31)28-16-8-9-30(12-19(16)26-11-13(2)3)24-29-17-7-5-6-15(23(32)33)20(17)34-24/h5-7,13,16,19,26H,4,8-12H2,1-3H3,(H,28,31)(H,32,33)/t16-,19+/m1/s1. The highest BCUT2D eigenvalue weighted by Crippen LogP contribution is 2.33. The number of thiazole rings is 1. The van der Waals surface area contributed by atoms with Crippen LogP contribution < -0.4 is 15.5 Å². The van der Waals surface area contributed by atoms with Crippen molar-refractivity contribution in [3.05, 3.63) is 34.5 Å². The van der Waals surface area contributed by atoms with Crippen LogP contribution >= 0.6 is 22.9 Å². The normalized spacial score (nSPS) is 20.9. The van der Waals surface area contributed by atoms with Crippen LogP contribution in [0.3, 0.4) is 0 Å². The number of amides is 1. The van der Waals surface area contributed by atoms with Crippen LogP contribution in [0.25, 0.3) is 10.2 Å². The van der Waals surface area contributed by atoms with E-state index >= 15 is 0 Å². The Morgan fingerprint density at radius 1 is 1.32 bits per heavy atom. The van der Waals surface area contributed by atoms with Gasteiger partial charge in [0.1, 0.15) is 10.9 Å². The van der Waals surface area contributed by atoms with Gasteiger partial charge in [-0.05, 0) is 43.0 Å². The van der Waals surface area contributed by atoms with Gasteiger partial charge in [0.2, 0.25) is 0 Å². The summed E-state index contributed by atoms with van der Waals surface area (Å²) >= 11 is 7.58. The van der Waals surface area contributed by atoms with E-state index in [1.807, 2.05) is 13.0 Å². The lowest BCUT2D eigenvalue weighted by atomic mass is 9.98. The third kappa shape index (κ3) is 5.26. The highest BCUT2D eigenvalue weighted by molar-refractivity contribution is 7.22. The number of aromatic carboxylic acids is 1. The summed E-state index contributed by atoms with van der Waals surface area (Å²) in [7, 11) is 0. The van der Waals surface area contributed by atoms with Gasteiger partial charge >= 0.3 is 5.97 Å². The number of anilines is 1. The molecule has 1 amide bonds. The molecule has 0 aliphatic carbocycles. The number of halogens is 1. The minimum Gasteiger partial charge on any atom is -0.478 e. The van der Waals surface area contributed by atoms with E-state index in [1.54, 1.807) is 12.1 Å². The van der Waals surface area contributed by atoms with Gasteiger partial charge in [0.25, 0.3) is 5.91 Å². The number of aliphatic imine (C=N–C) groups is 1. The third-order valence-corrected chi connectivity index (χ3v) is 7.73. The monoisotopic (exact) mass is 503 g/mol. The molecule has 1 aromatic heterocycles. The largest absolute Gasteiger partial charge is 0.478 e. The molecule has 2 atom stereocenters. The number of aromatic nitrogens is 1. The molecule has 8 nitrogen and oxygen atoms in total. The molecule has 2 aliphatic heterocycles. The van der Waals surface area contributed by atoms with Crippen molar-refractivity contribution < 1.29 is 14.7 Å². The third-order valence-electron chi connectivity index (χ3n) is 6.22. The molecule has 34 heavy (non-hydrogen) atoms. The summed E-state index contributed by atoms with van der Waals surface area (Å²) in [5.74, 6) is -0.654. The van der Waals surface area contributed by atoms with E-state index in [-0.39, 0.29) is 23.6 Å². The second kappa shape index (κ2) is 10.4. The molecule has 2 aliphatic rings. The van der Waals surface area contributed by atoms with Crippen LogP contribution in [0, 0.1) is 5.92 Å². The number of carboxylic acids is 1. The first kappa shape index (κ1) is 24.6. The van der Waals surface area contributed by atoms with Crippen LogP contribution in [0.1, 0.15) is 50.4 Å². The molecule has 3 N–H and O–H groups in total. The second-order valence-corrected chi connectivity index (χ2v) is 10.5. The summed E-state index contributed by atoms with van der Waals surface area (Å²) in [6.45, 7) is 8.49. The number of fused-ring (bicyclic) bond motifs is 1. The topological polar surface area (TPSA) is 107 Å². The van der Waals surface area contributed by atoms with Crippen molar-refractivity contribution in [2.24, 2.45) is 10.9 Å². The Balaban J connectivity index is 1.50. The van der Waals surface area contributed by atoms with E-state index in [4.69, 9.17) is 16.6 Å². The van der Waals surface area contributed by atoms with E-state index in [1.165, 1.54) is 11.3 Å². The zero-order chi connectivity index (χ0) is 24.4. The summed E-state index contributed by atoms with van der Waals surface area (Å²) in [5.41, 5.74) is 2.43. The number of allylic oxidation sites excluding steroid dienone is 1. The minimum absolute atomic E-state index is 0.0159. The van der Waals surface area contributed by atoms with Gasteiger partial charge in [-0.2, -0.15) is 0 Å². The van der Waals surface area contributed by atoms with E-state index in [0.29, 0.717) is 46.5 Å². The lowest BCUT2D eigenvalue weighted by Gasteiger charge is -2.39. The molecule has 0 unspecified atom stereocenters. The van der Waals surface area contributed by atoms with Crippen molar-refractivity contribution in [2.75, 3.05) is 24.5 Å². The van der Waals surface area contributed by atoms with Gasteiger partial charge < -0.3 is 20.6 Å². The van der Waals surface area contributed by atoms with Crippen molar-refractivity contribution in [3.63, 3.8) is 0 Å². The number of hydrogen-bond acceptors (Lipinski definition) is 7. The zero-order valence-electron chi connectivity index (χ0n) is 19.6. The van der Waals surface area contributed by atoms with E-state index < -0.39 is 5.97 Å². The molecule has 4 rings (SSSR count). The summed E-state index contributed by atoms with van der Waals surface area (Å²) < 4.78 is 0.683. The molecule has 182 valence electrons. The number of benzene rings is 1. The Morgan fingerprint density at radius 2 is 2.12 bits per heavy atom. The first-order chi connectivity index (χ1) is 16.3. The van der Waals surface area contributed by atoms with Gasteiger partial charge in [0.15, 0.2) is 5.13 Å². The number of carboxylic acid groups (broad SMARTS) is 1. The molecule has 0 saturated carbocycles. The molecule has 2 aromatic rings. The average Bonchev–Trinajstić information content (AvgIpc) is 3.41. The lowest BCUT2D eigenvalue weighted by Crippen LogP contribution is -2.60. The van der Waals surface area contributed by atoms with Crippen LogP contribution in [0.4, 0.5) is 5.13 Å². The van der Waals surface area contributed by atoms with Gasteiger partial charge in [-0.1, -0.05) is 49.8 Å². The highest BCUT2D eigenvalue weighted by Gasteiger charge is 2.33. The molecule has 0 bridgehead atoms.